The normalized spacial score (nSPS) is 12.0. The second kappa shape index (κ2) is 6.58. The molecule has 0 aliphatic rings. The lowest BCUT2D eigenvalue weighted by atomic mass is 9.93. The second-order valence-corrected chi connectivity index (χ2v) is 6.65. The van der Waals surface area contributed by atoms with Gasteiger partial charge in [0.2, 0.25) is 0 Å². The van der Waals surface area contributed by atoms with Gasteiger partial charge in [-0.2, -0.15) is 19.4 Å². The van der Waals surface area contributed by atoms with E-state index in [1.54, 1.807) is 32.6 Å². The van der Waals surface area contributed by atoms with Crippen molar-refractivity contribution in [2.24, 2.45) is 5.10 Å². The van der Waals surface area contributed by atoms with Gasteiger partial charge in [-0.25, -0.2) is 0 Å². The number of fused-ring (bicyclic) bond motifs is 1. The molecule has 3 rings (SSSR count). The van der Waals surface area contributed by atoms with E-state index < -0.39 is 5.41 Å². The molecule has 2 aromatic heterocycles. The fourth-order valence-electron chi connectivity index (χ4n) is 2.41. The Hall–Kier alpha value is -3.23. The Bertz CT molecular complexity index is 1030. The van der Waals surface area contributed by atoms with Gasteiger partial charge in [-0.05, 0) is 23.8 Å². The number of aromatic nitrogens is 5. The van der Waals surface area contributed by atoms with Crippen LogP contribution in [0.2, 0.25) is 0 Å². The van der Waals surface area contributed by atoms with Crippen molar-refractivity contribution >= 4 is 12.0 Å². The summed E-state index contributed by atoms with van der Waals surface area (Å²) < 4.78 is 13.1. The third kappa shape index (κ3) is 3.15. The highest BCUT2D eigenvalue weighted by Gasteiger charge is 2.23. The summed E-state index contributed by atoms with van der Waals surface area (Å²) in [6, 6.07) is 5.34. The molecular weight excluding hydrogens is 336 g/mol. The van der Waals surface area contributed by atoms with Gasteiger partial charge in [0.05, 0.1) is 20.4 Å². The van der Waals surface area contributed by atoms with Crippen molar-refractivity contribution in [3.8, 4) is 11.5 Å². The van der Waals surface area contributed by atoms with E-state index in [-0.39, 0.29) is 11.3 Å². The van der Waals surface area contributed by atoms with E-state index in [1.165, 1.54) is 15.5 Å². The highest BCUT2D eigenvalue weighted by Crippen LogP contribution is 2.26. The van der Waals surface area contributed by atoms with Crippen LogP contribution in [-0.4, -0.2) is 44.9 Å². The molecule has 0 radical (unpaired) electrons. The van der Waals surface area contributed by atoms with Crippen LogP contribution in [-0.2, 0) is 5.41 Å². The maximum Gasteiger partial charge on any atom is 0.298 e. The molecule has 1 aromatic carbocycles. The van der Waals surface area contributed by atoms with Crippen molar-refractivity contribution in [2.75, 3.05) is 14.2 Å². The summed E-state index contributed by atoms with van der Waals surface area (Å²) in [5, 5.41) is 16.4. The van der Waals surface area contributed by atoms with Gasteiger partial charge in [0.25, 0.3) is 11.3 Å². The van der Waals surface area contributed by atoms with Crippen LogP contribution >= 0.6 is 0 Å². The molecule has 0 fully saturated rings. The maximum absolute atomic E-state index is 12.8. The SMILES string of the molecule is COc1ccc(/C=N\n2c(=O)c(C(C)(C)C)nn3cnnc23)cc1OC. The number of rotatable bonds is 4. The molecule has 0 saturated heterocycles. The molecule has 0 atom stereocenters. The molecule has 136 valence electrons. The van der Waals surface area contributed by atoms with Gasteiger partial charge in [0.1, 0.15) is 12.0 Å². The molecule has 9 nitrogen and oxygen atoms in total. The predicted molar refractivity (Wildman–Crippen MR) is 96.3 cm³/mol. The molecule has 0 aliphatic carbocycles. The van der Waals surface area contributed by atoms with Gasteiger partial charge in [0.15, 0.2) is 11.5 Å². The molecule has 9 heteroatoms. The van der Waals surface area contributed by atoms with E-state index in [0.29, 0.717) is 17.2 Å². The van der Waals surface area contributed by atoms with Crippen molar-refractivity contribution < 1.29 is 9.47 Å². The Labute approximate surface area is 149 Å². The van der Waals surface area contributed by atoms with Crippen LogP contribution in [0.4, 0.5) is 0 Å². The molecule has 0 unspecified atom stereocenters. The van der Waals surface area contributed by atoms with Gasteiger partial charge >= 0.3 is 0 Å². The van der Waals surface area contributed by atoms with E-state index in [1.807, 2.05) is 26.8 Å². The highest BCUT2D eigenvalue weighted by molar-refractivity contribution is 5.81. The zero-order valence-electron chi connectivity index (χ0n) is 15.3. The molecule has 0 amide bonds. The second-order valence-electron chi connectivity index (χ2n) is 6.65. The average molecular weight is 356 g/mol. The minimum Gasteiger partial charge on any atom is -0.493 e. The minimum absolute atomic E-state index is 0.236. The lowest BCUT2D eigenvalue weighted by Crippen LogP contribution is -2.33. The maximum atomic E-state index is 12.8. The van der Waals surface area contributed by atoms with Crippen LogP contribution in [0.3, 0.4) is 0 Å². The van der Waals surface area contributed by atoms with Crippen LogP contribution in [0, 0.1) is 0 Å². The van der Waals surface area contributed by atoms with E-state index >= 15 is 0 Å². The summed E-state index contributed by atoms with van der Waals surface area (Å²) in [5.74, 6) is 1.42. The Morgan fingerprint density at radius 1 is 1.15 bits per heavy atom. The number of methoxy groups -OCH3 is 2. The summed E-state index contributed by atoms with van der Waals surface area (Å²) >= 11 is 0. The quantitative estimate of drug-likeness (QED) is 0.657. The van der Waals surface area contributed by atoms with Crippen LogP contribution in [0.25, 0.3) is 5.78 Å². The number of benzene rings is 1. The topological polar surface area (TPSA) is 95.9 Å². The molecule has 0 aliphatic heterocycles. The largest absolute Gasteiger partial charge is 0.493 e. The summed E-state index contributed by atoms with van der Waals surface area (Å²) in [6.45, 7) is 5.74. The van der Waals surface area contributed by atoms with Crippen molar-refractivity contribution in [1.29, 1.82) is 0 Å². The molecule has 2 heterocycles. The Morgan fingerprint density at radius 2 is 1.88 bits per heavy atom. The fourth-order valence-corrected chi connectivity index (χ4v) is 2.41. The summed E-state index contributed by atoms with van der Waals surface area (Å²) in [4.78, 5) is 12.8. The first-order valence-corrected chi connectivity index (χ1v) is 7.95. The van der Waals surface area contributed by atoms with Crippen LogP contribution in [0.1, 0.15) is 32.0 Å². The number of hydrogen-bond donors (Lipinski definition) is 0. The smallest absolute Gasteiger partial charge is 0.298 e. The lowest BCUT2D eigenvalue weighted by Gasteiger charge is -2.16. The lowest BCUT2D eigenvalue weighted by molar-refractivity contribution is 0.355. The molecule has 3 aromatic rings. The van der Waals surface area contributed by atoms with Crippen LogP contribution in [0.5, 0.6) is 11.5 Å². The molecular formula is C17H20N6O3. The zero-order valence-corrected chi connectivity index (χ0v) is 15.3. The standard InChI is InChI=1S/C17H20N6O3/c1-17(2,3)14-15(24)23(16-20-18-10-22(16)21-14)19-9-11-6-7-12(25-4)13(8-11)26-5/h6-10H,1-5H3/b19-9-. The van der Waals surface area contributed by atoms with Crippen molar-refractivity contribution in [3.05, 3.63) is 46.1 Å². The highest BCUT2D eigenvalue weighted by atomic mass is 16.5. The van der Waals surface area contributed by atoms with E-state index in [0.717, 1.165) is 5.56 Å². The molecule has 0 bridgehead atoms. The summed E-state index contributed by atoms with van der Waals surface area (Å²) in [5.41, 5.74) is 0.321. The summed E-state index contributed by atoms with van der Waals surface area (Å²) in [7, 11) is 3.12. The minimum atomic E-state index is -0.448. The first kappa shape index (κ1) is 17.6. The van der Waals surface area contributed by atoms with Gasteiger partial charge < -0.3 is 9.47 Å². The Kier molecular flexibility index (Phi) is 4.45. The third-order valence-electron chi connectivity index (χ3n) is 3.75. The third-order valence-corrected chi connectivity index (χ3v) is 3.75. The van der Waals surface area contributed by atoms with Crippen molar-refractivity contribution in [3.63, 3.8) is 0 Å². The van der Waals surface area contributed by atoms with E-state index in [2.05, 4.69) is 20.4 Å². The average Bonchev–Trinajstić information content (AvgIpc) is 3.07. The van der Waals surface area contributed by atoms with Gasteiger partial charge in [-0.3, -0.25) is 4.79 Å². The monoisotopic (exact) mass is 356 g/mol. The zero-order chi connectivity index (χ0) is 18.9. The van der Waals surface area contributed by atoms with Crippen LogP contribution in [0.15, 0.2) is 34.4 Å². The molecule has 0 N–H and O–H groups in total. The Morgan fingerprint density at radius 3 is 2.54 bits per heavy atom. The first-order chi connectivity index (χ1) is 12.3. The van der Waals surface area contributed by atoms with Crippen molar-refractivity contribution in [2.45, 2.75) is 26.2 Å². The molecule has 0 spiro atoms. The number of hydrogen-bond acceptors (Lipinski definition) is 7. The molecule has 0 saturated carbocycles. The van der Waals surface area contributed by atoms with Gasteiger partial charge in [0, 0.05) is 5.41 Å². The predicted octanol–water partition coefficient (Wildman–Crippen LogP) is 1.48. The van der Waals surface area contributed by atoms with E-state index in [9.17, 15) is 4.79 Å². The molecule has 26 heavy (non-hydrogen) atoms. The fraction of sp³-hybridized carbons (Fsp3) is 0.353. The van der Waals surface area contributed by atoms with Gasteiger partial charge in [-0.15, -0.1) is 10.2 Å². The van der Waals surface area contributed by atoms with E-state index in [4.69, 9.17) is 9.47 Å². The van der Waals surface area contributed by atoms with Gasteiger partial charge in [-0.1, -0.05) is 20.8 Å². The summed E-state index contributed by atoms with van der Waals surface area (Å²) in [6.07, 6.45) is 2.98. The van der Waals surface area contributed by atoms with Crippen molar-refractivity contribution in [1.82, 2.24) is 24.5 Å². The number of nitrogens with zero attached hydrogens (tertiary/aromatic N) is 6. The Balaban J connectivity index is 2.11. The van der Waals surface area contributed by atoms with Crippen LogP contribution < -0.4 is 15.0 Å². The first-order valence-electron chi connectivity index (χ1n) is 7.95. The number of ether oxygens (including phenoxy) is 2.